The number of hydrogen-bond acceptors (Lipinski definition) is 6. The van der Waals surface area contributed by atoms with Crippen LogP contribution >= 0.6 is 0 Å². The molecule has 0 aliphatic heterocycles. The van der Waals surface area contributed by atoms with E-state index in [1.165, 1.54) is 18.2 Å². The number of ether oxygens (including phenoxy) is 1. The van der Waals surface area contributed by atoms with E-state index in [1.807, 2.05) is 25.1 Å². The molecule has 0 saturated heterocycles. The van der Waals surface area contributed by atoms with Gasteiger partial charge in [-0.25, -0.2) is 4.79 Å². The van der Waals surface area contributed by atoms with Crippen LogP contribution in [0.4, 0.5) is 5.69 Å². The molecule has 132 valence electrons. The molecule has 0 atom stereocenters. The van der Waals surface area contributed by atoms with Gasteiger partial charge in [0.2, 0.25) is 0 Å². The van der Waals surface area contributed by atoms with Crippen LogP contribution in [0.25, 0.3) is 11.0 Å². The van der Waals surface area contributed by atoms with E-state index in [0.717, 1.165) is 23.4 Å². The number of aryl methyl sites for hydroxylation is 1. The Morgan fingerprint density at radius 2 is 2.00 bits per heavy atom. The fourth-order valence-corrected chi connectivity index (χ4v) is 2.64. The summed E-state index contributed by atoms with van der Waals surface area (Å²) in [4.78, 5) is 33.2. The highest BCUT2D eigenvalue weighted by Gasteiger charge is 2.13. The van der Waals surface area contributed by atoms with E-state index >= 15 is 0 Å². The van der Waals surface area contributed by atoms with Crippen LogP contribution in [-0.2, 0) is 13.0 Å². The smallest absolute Gasteiger partial charge is 0.336 e. The van der Waals surface area contributed by atoms with Gasteiger partial charge in [-0.2, -0.15) is 0 Å². The van der Waals surface area contributed by atoms with Crippen molar-refractivity contribution in [2.75, 3.05) is 0 Å². The van der Waals surface area contributed by atoms with Gasteiger partial charge in [0.15, 0.2) is 6.29 Å². The molecule has 0 spiro atoms. The zero-order valence-corrected chi connectivity index (χ0v) is 13.9. The molecule has 3 aromatic rings. The second kappa shape index (κ2) is 7.18. The van der Waals surface area contributed by atoms with Crippen LogP contribution in [0, 0.1) is 10.1 Å². The van der Waals surface area contributed by atoms with Crippen molar-refractivity contribution in [2.24, 2.45) is 0 Å². The van der Waals surface area contributed by atoms with Crippen molar-refractivity contribution < 1.29 is 18.9 Å². The van der Waals surface area contributed by atoms with Gasteiger partial charge in [0, 0.05) is 29.1 Å². The maximum absolute atomic E-state index is 11.8. The Morgan fingerprint density at radius 1 is 1.19 bits per heavy atom. The molecular weight excluding hydrogens is 338 g/mol. The number of benzene rings is 2. The lowest BCUT2D eigenvalue weighted by molar-refractivity contribution is -0.384. The molecule has 0 unspecified atom stereocenters. The third-order valence-electron chi connectivity index (χ3n) is 4.02. The van der Waals surface area contributed by atoms with E-state index in [-0.39, 0.29) is 23.6 Å². The molecule has 0 bridgehead atoms. The first-order chi connectivity index (χ1) is 12.5. The van der Waals surface area contributed by atoms with Crippen LogP contribution in [0.1, 0.15) is 28.4 Å². The Labute approximate surface area is 148 Å². The number of nitrogens with zero attached hydrogens (tertiary/aromatic N) is 1. The first kappa shape index (κ1) is 17.3. The highest BCUT2D eigenvalue weighted by molar-refractivity contribution is 5.82. The minimum absolute atomic E-state index is 0.0201. The van der Waals surface area contributed by atoms with Gasteiger partial charge < -0.3 is 9.15 Å². The molecular formula is C19H15NO6. The minimum atomic E-state index is -0.585. The largest absolute Gasteiger partial charge is 0.488 e. The Kier molecular flexibility index (Phi) is 4.79. The van der Waals surface area contributed by atoms with Crippen LogP contribution in [-0.4, -0.2) is 11.2 Å². The molecule has 3 rings (SSSR count). The second-order valence-corrected chi connectivity index (χ2v) is 5.66. The van der Waals surface area contributed by atoms with Gasteiger partial charge in [-0.1, -0.05) is 19.1 Å². The fraction of sp³-hybridized carbons (Fsp3) is 0.158. The lowest BCUT2D eigenvalue weighted by Crippen LogP contribution is -2.05. The first-order valence-corrected chi connectivity index (χ1v) is 7.94. The summed E-state index contributed by atoms with van der Waals surface area (Å²) in [5, 5.41) is 11.5. The molecule has 7 nitrogen and oxygen atoms in total. The van der Waals surface area contributed by atoms with Gasteiger partial charge in [0.1, 0.15) is 17.9 Å². The van der Waals surface area contributed by atoms with Gasteiger partial charge >= 0.3 is 5.63 Å². The summed E-state index contributed by atoms with van der Waals surface area (Å²) >= 11 is 0. The lowest BCUT2D eigenvalue weighted by atomic mass is 10.1. The Balaban J connectivity index is 1.94. The third-order valence-corrected chi connectivity index (χ3v) is 4.02. The number of carbonyl (C=O) groups is 1. The monoisotopic (exact) mass is 353 g/mol. The van der Waals surface area contributed by atoms with Crippen molar-refractivity contribution in [3.05, 3.63) is 79.7 Å². The van der Waals surface area contributed by atoms with E-state index in [1.54, 1.807) is 0 Å². The molecule has 2 aromatic carbocycles. The zero-order valence-electron chi connectivity index (χ0n) is 13.9. The highest BCUT2D eigenvalue weighted by atomic mass is 16.6. The Hall–Kier alpha value is -3.48. The SMILES string of the molecule is CCc1ccc2c(COc3ccc([N+](=O)[O-])cc3C=O)cc(=O)oc2c1. The number of nitro groups is 1. The van der Waals surface area contributed by atoms with Gasteiger partial charge in [-0.3, -0.25) is 14.9 Å². The molecule has 0 aliphatic carbocycles. The van der Waals surface area contributed by atoms with Crippen molar-refractivity contribution >= 4 is 22.9 Å². The highest BCUT2D eigenvalue weighted by Crippen LogP contribution is 2.25. The Bertz CT molecular complexity index is 1050. The van der Waals surface area contributed by atoms with E-state index in [2.05, 4.69) is 0 Å². The molecule has 1 heterocycles. The van der Waals surface area contributed by atoms with Crippen molar-refractivity contribution in [2.45, 2.75) is 20.0 Å². The van der Waals surface area contributed by atoms with Crippen molar-refractivity contribution in [3.63, 3.8) is 0 Å². The zero-order chi connectivity index (χ0) is 18.7. The predicted octanol–water partition coefficient (Wildman–Crippen LogP) is 3.66. The lowest BCUT2D eigenvalue weighted by Gasteiger charge is -2.10. The van der Waals surface area contributed by atoms with Gasteiger partial charge in [-0.05, 0) is 24.1 Å². The third kappa shape index (κ3) is 3.46. The molecule has 0 radical (unpaired) electrons. The van der Waals surface area contributed by atoms with E-state index in [9.17, 15) is 19.7 Å². The maximum Gasteiger partial charge on any atom is 0.336 e. The van der Waals surface area contributed by atoms with Crippen molar-refractivity contribution in [1.82, 2.24) is 0 Å². The summed E-state index contributed by atoms with van der Waals surface area (Å²) in [6, 6.07) is 10.7. The molecule has 1 aromatic heterocycles. The molecule has 26 heavy (non-hydrogen) atoms. The fourth-order valence-electron chi connectivity index (χ4n) is 2.64. The van der Waals surface area contributed by atoms with Crippen LogP contribution < -0.4 is 10.4 Å². The minimum Gasteiger partial charge on any atom is -0.488 e. The molecule has 7 heteroatoms. The molecule has 0 amide bonds. The summed E-state index contributed by atoms with van der Waals surface area (Å²) in [5.41, 5.74) is 1.49. The number of hydrogen-bond donors (Lipinski definition) is 0. The van der Waals surface area contributed by atoms with E-state index in [4.69, 9.17) is 9.15 Å². The molecule has 0 aliphatic rings. The summed E-state index contributed by atoms with van der Waals surface area (Å²) < 4.78 is 10.9. The van der Waals surface area contributed by atoms with Crippen LogP contribution in [0.3, 0.4) is 0 Å². The second-order valence-electron chi connectivity index (χ2n) is 5.66. The number of aldehydes is 1. The predicted molar refractivity (Wildman–Crippen MR) is 94.7 cm³/mol. The van der Waals surface area contributed by atoms with Crippen molar-refractivity contribution in [1.29, 1.82) is 0 Å². The van der Waals surface area contributed by atoms with Gasteiger partial charge in [0.25, 0.3) is 5.69 Å². The normalized spacial score (nSPS) is 10.7. The van der Waals surface area contributed by atoms with Crippen molar-refractivity contribution in [3.8, 4) is 5.75 Å². The summed E-state index contributed by atoms with van der Waals surface area (Å²) in [7, 11) is 0. The topological polar surface area (TPSA) is 99.6 Å². The van der Waals surface area contributed by atoms with Crippen LogP contribution in [0.15, 0.2) is 51.7 Å². The number of carbonyl (C=O) groups excluding carboxylic acids is 1. The standard InChI is InChI=1S/C19H15NO6/c1-2-12-3-5-16-14(9-19(22)26-18(16)7-12)11-25-17-6-4-15(20(23)24)8-13(17)10-21/h3-10H,2,11H2,1H3. The van der Waals surface area contributed by atoms with Gasteiger partial charge in [-0.15, -0.1) is 0 Å². The molecule has 0 fully saturated rings. The number of nitro benzene ring substituents is 1. The van der Waals surface area contributed by atoms with E-state index < -0.39 is 10.5 Å². The average Bonchev–Trinajstić information content (AvgIpc) is 2.65. The number of non-ortho nitro benzene ring substituents is 1. The maximum atomic E-state index is 11.8. The Morgan fingerprint density at radius 3 is 2.69 bits per heavy atom. The number of fused-ring (bicyclic) bond motifs is 1. The first-order valence-electron chi connectivity index (χ1n) is 7.94. The van der Waals surface area contributed by atoms with E-state index in [0.29, 0.717) is 17.4 Å². The molecule has 0 saturated carbocycles. The molecule has 0 N–H and O–H groups in total. The quantitative estimate of drug-likeness (QED) is 0.290. The summed E-state index contributed by atoms with van der Waals surface area (Å²) in [6.45, 7) is 2.02. The average molecular weight is 353 g/mol. The van der Waals surface area contributed by atoms with Gasteiger partial charge in [0.05, 0.1) is 10.5 Å². The van der Waals surface area contributed by atoms with Crippen LogP contribution in [0.2, 0.25) is 0 Å². The van der Waals surface area contributed by atoms with Crippen LogP contribution in [0.5, 0.6) is 5.75 Å². The summed E-state index contributed by atoms with van der Waals surface area (Å²) in [5.74, 6) is 0.206. The summed E-state index contributed by atoms with van der Waals surface area (Å²) in [6.07, 6.45) is 1.30. The number of rotatable bonds is 6.